The second-order valence-corrected chi connectivity index (χ2v) is 6.70. The molecule has 0 saturated heterocycles. The molecule has 4 nitrogen and oxygen atoms in total. The number of hydrogen-bond donors (Lipinski definition) is 1. The molecule has 4 aromatic rings. The van der Waals surface area contributed by atoms with Crippen molar-refractivity contribution in [3.63, 3.8) is 0 Å². The largest absolute Gasteiger partial charge is 0.418 e. The summed E-state index contributed by atoms with van der Waals surface area (Å²) in [6, 6.07) is 14.8. The van der Waals surface area contributed by atoms with Crippen molar-refractivity contribution in [3.8, 4) is 11.1 Å². The van der Waals surface area contributed by atoms with Crippen molar-refractivity contribution in [2.75, 3.05) is 5.32 Å². The van der Waals surface area contributed by atoms with Crippen LogP contribution in [0.25, 0.3) is 22.0 Å². The van der Waals surface area contributed by atoms with Crippen LogP contribution in [0.2, 0.25) is 0 Å². The lowest BCUT2D eigenvalue weighted by Gasteiger charge is -2.15. The Balaban J connectivity index is 1.80. The van der Waals surface area contributed by atoms with Crippen LogP contribution in [0.1, 0.15) is 21.5 Å². The van der Waals surface area contributed by atoms with Gasteiger partial charge in [-0.15, -0.1) is 0 Å². The van der Waals surface area contributed by atoms with E-state index >= 15 is 0 Å². The van der Waals surface area contributed by atoms with Gasteiger partial charge in [-0.3, -0.25) is 14.8 Å². The molecule has 0 aliphatic rings. The highest BCUT2D eigenvalue weighted by atomic mass is 19.4. The van der Waals surface area contributed by atoms with E-state index in [1.165, 1.54) is 12.3 Å². The molecule has 0 unspecified atom stereocenters. The number of halogens is 3. The monoisotopic (exact) mass is 407 g/mol. The topological polar surface area (TPSA) is 54.9 Å². The first kappa shape index (κ1) is 19.6. The summed E-state index contributed by atoms with van der Waals surface area (Å²) in [4.78, 5) is 19.6. The summed E-state index contributed by atoms with van der Waals surface area (Å²) in [5.41, 5.74) is 2.02. The molecule has 0 bridgehead atoms. The number of alkyl halides is 3. The number of rotatable bonds is 5. The van der Waals surface area contributed by atoms with Gasteiger partial charge in [0.15, 0.2) is 6.29 Å². The van der Waals surface area contributed by atoms with E-state index in [0.717, 1.165) is 17.3 Å². The minimum absolute atomic E-state index is 0.181. The zero-order chi connectivity index (χ0) is 21.1. The molecule has 4 rings (SSSR count). The van der Waals surface area contributed by atoms with Crippen LogP contribution in [-0.4, -0.2) is 16.3 Å². The van der Waals surface area contributed by atoms with E-state index in [4.69, 9.17) is 0 Å². The third-order valence-electron chi connectivity index (χ3n) is 4.73. The van der Waals surface area contributed by atoms with Gasteiger partial charge in [0.2, 0.25) is 0 Å². The second-order valence-electron chi connectivity index (χ2n) is 6.70. The smallest absolute Gasteiger partial charge is 0.381 e. The Hall–Kier alpha value is -3.74. The Morgan fingerprint density at radius 1 is 1.00 bits per heavy atom. The van der Waals surface area contributed by atoms with Gasteiger partial charge in [0.05, 0.1) is 11.1 Å². The van der Waals surface area contributed by atoms with Crippen molar-refractivity contribution in [3.05, 3.63) is 89.9 Å². The molecule has 2 aromatic carbocycles. The number of aromatic nitrogens is 2. The predicted molar refractivity (Wildman–Crippen MR) is 109 cm³/mol. The molecule has 0 radical (unpaired) electrons. The van der Waals surface area contributed by atoms with E-state index in [1.54, 1.807) is 36.7 Å². The molecule has 2 aromatic heterocycles. The maximum atomic E-state index is 13.4. The lowest BCUT2D eigenvalue weighted by molar-refractivity contribution is -0.136. The van der Waals surface area contributed by atoms with E-state index < -0.39 is 11.7 Å². The molecular formula is C23H16F3N3O. The van der Waals surface area contributed by atoms with Crippen molar-refractivity contribution < 1.29 is 18.0 Å². The molecule has 1 N–H and O–H groups in total. The summed E-state index contributed by atoms with van der Waals surface area (Å²) in [7, 11) is 0. The van der Waals surface area contributed by atoms with E-state index in [2.05, 4.69) is 15.3 Å². The fraction of sp³-hybridized carbons (Fsp3) is 0.0870. The van der Waals surface area contributed by atoms with Crippen LogP contribution < -0.4 is 5.32 Å². The summed E-state index contributed by atoms with van der Waals surface area (Å²) in [6.07, 6.45) is 0.693. The average molecular weight is 407 g/mol. The number of nitrogens with zero attached hydrogens (tertiary/aromatic N) is 2. The predicted octanol–water partition coefficient (Wildman–Crippen LogP) is 5.74. The van der Waals surface area contributed by atoms with Crippen molar-refractivity contribution in [2.24, 2.45) is 0 Å². The lowest BCUT2D eigenvalue weighted by atomic mass is 9.95. The molecule has 150 valence electrons. The van der Waals surface area contributed by atoms with Gasteiger partial charge in [0.1, 0.15) is 0 Å². The number of hydrogen-bond acceptors (Lipinski definition) is 4. The van der Waals surface area contributed by atoms with E-state index in [-0.39, 0.29) is 16.5 Å². The summed E-state index contributed by atoms with van der Waals surface area (Å²) in [5.74, 6) is 0. The summed E-state index contributed by atoms with van der Waals surface area (Å²) < 4.78 is 40.3. The number of nitrogens with one attached hydrogen (secondary N) is 1. The van der Waals surface area contributed by atoms with E-state index in [9.17, 15) is 18.0 Å². The summed E-state index contributed by atoms with van der Waals surface area (Å²) in [6.45, 7) is 0.535. The molecule has 0 amide bonds. The van der Waals surface area contributed by atoms with Gasteiger partial charge < -0.3 is 5.32 Å². The highest BCUT2D eigenvalue weighted by Crippen LogP contribution is 2.38. The minimum Gasteiger partial charge on any atom is -0.381 e. The zero-order valence-corrected chi connectivity index (χ0v) is 15.6. The molecule has 0 aliphatic carbocycles. The maximum absolute atomic E-state index is 13.4. The SMILES string of the molecule is O=Cc1cnc2c(C(F)(F)F)cccc2c1-c1cccc(NCc2cccnc2)c1. The molecule has 2 heterocycles. The van der Waals surface area contributed by atoms with Crippen molar-refractivity contribution in [2.45, 2.75) is 12.7 Å². The Bertz CT molecular complexity index is 1210. The number of fused-ring (bicyclic) bond motifs is 1. The Morgan fingerprint density at radius 3 is 2.57 bits per heavy atom. The second kappa shape index (κ2) is 7.94. The number of carbonyl (C=O) groups excluding carboxylic acids is 1. The highest BCUT2D eigenvalue weighted by Gasteiger charge is 2.33. The molecule has 0 spiro atoms. The van der Waals surface area contributed by atoms with Gasteiger partial charge in [-0.1, -0.05) is 30.3 Å². The van der Waals surface area contributed by atoms with Crippen LogP contribution in [0.3, 0.4) is 0 Å². The van der Waals surface area contributed by atoms with Crippen molar-refractivity contribution >= 4 is 22.9 Å². The van der Waals surface area contributed by atoms with Crippen LogP contribution in [0.15, 0.2) is 73.2 Å². The van der Waals surface area contributed by atoms with Gasteiger partial charge >= 0.3 is 6.18 Å². The molecular weight excluding hydrogens is 391 g/mol. The van der Waals surface area contributed by atoms with Crippen LogP contribution >= 0.6 is 0 Å². The van der Waals surface area contributed by atoms with E-state index in [1.807, 2.05) is 18.2 Å². The maximum Gasteiger partial charge on any atom is 0.418 e. The Morgan fingerprint density at radius 2 is 1.83 bits per heavy atom. The first-order chi connectivity index (χ1) is 14.5. The van der Waals surface area contributed by atoms with Crippen LogP contribution in [0.5, 0.6) is 0 Å². The van der Waals surface area contributed by atoms with Gasteiger partial charge in [0, 0.05) is 47.3 Å². The Kier molecular flexibility index (Phi) is 5.18. The minimum atomic E-state index is -4.54. The summed E-state index contributed by atoms with van der Waals surface area (Å²) in [5, 5.41) is 3.55. The zero-order valence-electron chi connectivity index (χ0n) is 15.6. The third kappa shape index (κ3) is 3.87. The third-order valence-corrected chi connectivity index (χ3v) is 4.73. The fourth-order valence-corrected chi connectivity index (χ4v) is 3.37. The number of carbonyl (C=O) groups is 1. The molecule has 0 saturated carbocycles. The first-order valence-corrected chi connectivity index (χ1v) is 9.14. The highest BCUT2D eigenvalue weighted by molar-refractivity contribution is 6.03. The Labute approximate surface area is 170 Å². The average Bonchev–Trinajstić information content (AvgIpc) is 2.76. The van der Waals surface area contributed by atoms with Gasteiger partial charge in [-0.2, -0.15) is 13.2 Å². The van der Waals surface area contributed by atoms with Gasteiger partial charge in [-0.25, -0.2) is 0 Å². The number of aldehydes is 1. The number of pyridine rings is 2. The molecule has 0 aliphatic heterocycles. The van der Waals surface area contributed by atoms with Gasteiger partial charge in [-0.05, 0) is 35.4 Å². The first-order valence-electron chi connectivity index (χ1n) is 9.14. The summed E-state index contributed by atoms with van der Waals surface area (Å²) >= 11 is 0. The standard InChI is InChI=1S/C23H16F3N3O/c24-23(25,26)20-8-2-7-19-21(17(14-30)13-29-22(19)20)16-5-1-6-18(10-16)28-12-15-4-3-9-27-11-15/h1-11,13-14,28H,12H2. The van der Waals surface area contributed by atoms with E-state index in [0.29, 0.717) is 24.0 Å². The lowest BCUT2D eigenvalue weighted by Crippen LogP contribution is -2.07. The quantitative estimate of drug-likeness (QED) is 0.429. The molecule has 0 fully saturated rings. The molecule has 0 atom stereocenters. The van der Waals surface area contributed by atoms with Crippen LogP contribution in [0, 0.1) is 0 Å². The van der Waals surface area contributed by atoms with Crippen molar-refractivity contribution in [1.29, 1.82) is 0 Å². The molecule has 30 heavy (non-hydrogen) atoms. The normalized spacial score (nSPS) is 11.4. The number of benzene rings is 2. The number of anilines is 1. The van der Waals surface area contributed by atoms with Crippen LogP contribution in [0.4, 0.5) is 18.9 Å². The van der Waals surface area contributed by atoms with Gasteiger partial charge in [0.25, 0.3) is 0 Å². The van der Waals surface area contributed by atoms with Crippen molar-refractivity contribution in [1.82, 2.24) is 9.97 Å². The molecule has 7 heteroatoms. The fourth-order valence-electron chi connectivity index (χ4n) is 3.37. The van der Waals surface area contributed by atoms with Crippen LogP contribution in [-0.2, 0) is 12.7 Å². The number of para-hydroxylation sites is 1.